The van der Waals surface area contributed by atoms with Gasteiger partial charge in [-0.05, 0) is 30.5 Å². The van der Waals surface area contributed by atoms with Crippen LogP contribution >= 0.6 is 0 Å². The Morgan fingerprint density at radius 1 is 1.26 bits per heavy atom. The molecule has 0 unspecified atom stereocenters. The number of aromatic nitrogens is 2. The third-order valence-corrected chi connectivity index (χ3v) is 4.88. The van der Waals surface area contributed by atoms with Crippen molar-refractivity contribution in [1.82, 2.24) is 19.8 Å². The average molecular weight is 370 g/mol. The Morgan fingerprint density at radius 2 is 2.07 bits per heavy atom. The molecule has 4 rings (SSSR count). The van der Waals surface area contributed by atoms with Crippen LogP contribution in [0.1, 0.15) is 40.5 Å². The molecule has 0 atom stereocenters. The summed E-state index contributed by atoms with van der Waals surface area (Å²) in [7, 11) is 0. The van der Waals surface area contributed by atoms with Crippen LogP contribution in [-0.2, 0) is 11.3 Å². The lowest BCUT2D eigenvalue weighted by molar-refractivity contribution is -0.135. The highest BCUT2D eigenvalue weighted by Gasteiger charge is 2.30. The summed E-state index contributed by atoms with van der Waals surface area (Å²) in [6.07, 6.45) is 3.30. The lowest BCUT2D eigenvalue weighted by Gasteiger charge is -2.34. The van der Waals surface area contributed by atoms with Crippen molar-refractivity contribution in [3.05, 3.63) is 63.6 Å². The molecule has 1 N–H and O–H groups in total. The summed E-state index contributed by atoms with van der Waals surface area (Å²) in [5.74, 6) is -0.180. The number of halogens is 1. The average Bonchev–Trinajstić information content (AvgIpc) is 3.48. The summed E-state index contributed by atoms with van der Waals surface area (Å²) in [6.45, 7) is 0.811. The van der Waals surface area contributed by atoms with Crippen LogP contribution in [-0.4, -0.2) is 51.2 Å². The molecule has 27 heavy (non-hydrogen) atoms. The molecule has 1 aromatic heterocycles. The van der Waals surface area contributed by atoms with E-state index in [1.807, 2.05) is 0 Å². The molecule has 1 aromatic carbocycles. The Bertz CT molecular complexity index is 954. The van der Waals surface area contributed by atoms with Gasteiger partial charge in [0.15, 0.2) is 0 Å². The van der Waals surface area contributed by atoms with Crippen LogP contribution in [0.5, 0.6) is 0 Å². The minimum atomic E-state index is -0.496. The first-order valence-electron chi connectivity index (χ1n) is 8.92. The Morgan fingerprint density at radius 3 is 2.74 bits per heavy atom. The number of benzene rings is 1. The number of carbonyl (C=O) groups excluding carboxylic acids is 2. The molecule has 0 spiro atoms. The fraction of sp³-hybridized carbons (Fsp3) is 0.368. The zero-order valence-corrected chi connectivity index (χ0v) is 14.7. The maximum atomic E-state index is 13.3. The second kappa shape index (κ2) is 6.94. The zero-order chi connectivity index (χ0) is 19.0. The summed E-state index contributed by atoms with van der Waals surface area (Å²) < 4.78 is 13.3. The SMILES string of the molecule is O=C1CN(C(=O)c2cnc(C3CC3)[nH]c2=O)CCN1Cc1cccc(F)c1. The number of rotatable bonds is 4. The van der Waals surface area contributed by atoms with Gasteiger partial charge in [0.05, 0.1) is 0 Å². The van der Waals surface area contributed by atoms with Crippen LogP contribution in [0.2, 0.25) is 0 Å². The summed E-state index contributed by atoms with van der Waals surface area (Å²) in [6, 6.07) is 6.08. The van der Waals surface area contributed by atoms with Gasteiger partial charge in [-0.25, -0.2) is 9.37 Å². The van der Waals surface area contributed by atoms with Gasteiger partial charge in [0.1, 0.15) is 23.7 Å². The Balaban J connectivity index is 1.42. The number of aromatic amines is 1. The van der Waals surface area contributed by atoms with Crippen molar-refractivity contribution in [2.75, 3.05) is 19.6 Å². The van der Waals surface area contributed by atoms with E-state index in [1.54, 1.807) is 17.0 Å². The van der Waals surface area contributed by atoms with Gasteiger partial charge in [0.2, 0.25) is 5.91 Å². The molecule has 2 heterocycles. The first kappa shape index (κ1) is 17.4. The molecule has 2 fully saturated rings. The van der Waals surface area contributed by atoms with Gasteiger partial charge < -0.3 is 14.8 Å². The van der Waals surface area contributed by atoms with E-state index in [-0.39, 0.29) is 36.3 Å². The smallest absolute Gasteiger partial charge is 0.263 e. The molecule has 0 radical (unpaired) electrons. The monoisotopic (exact) mass is 370 g/mol. The number of hydrogen-bond donors (Lipinski definition) is 1. The number of nitrogens with zero attached hydrogens (tertiary/aromatic N) is 3. The molecule has 8 heteroatoms. The van der Waals surface area contributed by atoms with Crippen molar-refractivity contribution in [1.29, 1.82) is 0 Å². The summed E-state index contributed by atoms with van der Waals surface area (Å²) >= 11 is 0. The van der Waals surface area contributed by atoms with Gasteiger partial charge in [0.25, 0.3) is 11.5 Å². The Hall–Kier alpha value is -3.03. The van der Waals surface area contributed by atoms with E-state index in [0.717, 1.165) is 12.8 Å². The molecule has 1 saturated carbocycles. The van der Waals surface area contributed by atoms with Crippen LogP contribution in [0.4, 0.5) is 4.39 Å². The second-order valence-electron chi connectivity index (χ2n) is 6.96. The molecule has 1 saturated heterocycles. The van der Waals surface area contributed by atoms with E-state index in [1.165, 1.54) is 23.2 Å². The van der Waals surface area contributed by atoms with Crippen molar-refractivity contribution >= 4 is 11.8 Å². The van der Waals surface area contributed by atoms with Crippen LogP contribution in [0, 0.1) is 5.82 Å². The largest absolute Gasteiger partial charge is 0.335 e. The maximum Gasteiger partial charge on any atom is 0.263 e. The maximum absolute atomic E-state index is 13.3. The fourth-order valence-corrected chi connectivity index (χ4v) is 3.20. The Kier molecular flexibility index (Phi) is 4.47. The lowest BCUT2D eigenvalue weighted by Crippen LogP contribution is -2.52. The molecule has 0 bridgehead atoms. The quantitative estimate of drug-likeness (QED) is 0.878. The van der Waals surface area contributed by atoms with Gasteiger partial charge in [-0.3, -0.25) is 14.4 Å². The highest BCUT2D eigenvalue weighted by molar-refractivity contribution is 5.96. The summed E-state index contributed by atoms with van der Waals surface area (Å²) in [5, 5.41) is 0. The number of H-pyrrole nitrogens is 1. The normalized spacial score (nSPS) is 17.3. The van der Waals surface area contributed by atoms with Crippen LogP contribution in [0.3, 0.4) is 0 Å². The predicted molar refractivity (Wildman–Crippen MR) is 94.6 cm³/mol. The van der Waals surface area contributed by atoms with Gasteiger partial charge >= 0.3 is 0 Å². The van der Waals surface area contributed by atoms with E-state index in [4.69, 9.17) is 0 Å². The van der Waals surface area contributed by atoms with Gasteiger partial charge in [-0.2, -0.15) is 0 Å². The van der Waals surface area contributed by atoms with E-state index < -0.39 is 11.5 Å². The predicted octanol–water partition coefficient (Wildman–Crippen LogP) is 1.27. The molecule has 7 nitrogen and oxygen atoms in total. The zero-order valence-electron chi connectivity index (χ0n) is 14.7. The molecule has 1 aliphatic carbocycles. The second-order valence-corrected chi connectivity index (χ2v) is 6.96. The summed E-state index contributed by atoms with van der Waals surface area (Å²) in [5.41, 5.74) is 0.178. The first-order valence-corrected chi connectivity index (χ1v) is 8.92. The third-order valence-electron chi connectivity index (χ3n) is 4.88. The van der Waals surface area contributed by atoms with Gasteiger partial charge in [-0.1, -0.05) is 12.1 Å². The summed E-state index contributed by atoms with van der Waals surface area (Å²) in [4.78, 5) is 47.0. The Labute approximate surface area is 154 Å². The highest BCUT2D eigenvalue weighted by atomic mass is 19.1. The first-order chi connectivity index (χ1) is 13.0. The molecule has 1 aliphatic heterocycles. The molecule has 140 valence electrons. The van der Waals surface area contributed by atoms with Crippen molar-refractivity contribution in [3.8, 4) is 0 Å². The van der Waals surface area contributed by atoms with E-state index in [9.17, 15) is 18.8 Å². The van der Waals surface area contributed by atoms with Crippen molar-refractivity contribution in [2.45, 2.75) is 25.3 Å². The number of carbonyl (C=O) groups is 2. The minimum absolute atomic E-state index is 0.0502. The van der Waals surface area contributed by atoms with Crippen molar-refractivity contribution < 1.29 is 14.0 Å². The topological polar surface area (TPSA) is 86.4 Å². The van der Waals surface area contributed by atoms with E-state index in [2.05, 4.69) is 9.97 Å². The van der Waals surface area contributed by atoms with Crippen LogP contribution in [0.15, 0.2) is 35.3 Å². The molecular formula is C19H19FN4O3. The van der Waals surface area contributed by atoms with Crippen LogP contribution < -0.4 is 5.56 Å². The van der Waals surface area contributed by atoms with Crippen LogP contribution in [0.25, 0.3) is 0 Å². The van der Waals surface area contributed by atoms with Gasteiger partial charge in [-0.15, -0.1) is 0 Å². The lowest BCUT2D eigenvalue weighted by atomic mass is 10.1. The standard InChI is InChI=1S/C19H19FN4O3/c20-14-3-1-2-12(8-14)10-23-6-7-24(11-16(23)25)19(27)15-9-21-17(13-4-5-13)22-18(15)26/h1-3,8-9,13H,4-7,10-11H2,(H,21,22,26). The number of hydrogen-bond acceptors (Lipinski definition) is 4. The third kappa shape index (κ3) is 3.74. The van der Waals surface area contributed by atoms with Crippen molar-refractivity contribution in [2.24, 2.45) is 0 Å². The molecular weight excluding hydrogens is 351 g/mol. The van der Waals surface area contributed by atoms with Gasteiger partial charge in [0, 0.05) is 31.7 Å². The highest BCUT2D eigenvalue weighted by Crippen LogP contribution is 2.37. The number of nitrogens with one attached hydrogen (secondary N) is 1. The molecule has 2 aromatic rings. The number of piperazine rings is 1. The van der Waals surface area contributed by atoms with Crippen molar-refractivity contribution in [3.63, 3.8) is 0 Å². The van der Waals surface area contributed by atoms with E-state index in [0.29, 0.717) is 24.5 Å². The number of amides is 2. The molecule has 2 aliphatic rings. The van der Waals surface area contributed by atoms with E-state index >= 15 is 0 Å². The minimum Gasteiger partial charge on any atom is -0.335 e. The molecule has 2 amide bonds. The fourth-order valence-electron chi connectivity index (χ4n) is 3.20.